The van der Waals surface area contributed by atoms with E-state index in [4.69, 9.17) is 4.74 Å². The molecule has 0 bridgehead atoms. The van der Waals surface area contributed by atoms with E-state index in [1.807, 2.05) is 7.05 Å². The number of aryl methyl sites for hydroxylation is 1. The SMILES string of the molecule is Cn1ccc(NC(=O)[C@@H]2CN(CC3CC3)[C@H]3c4cc(F)ccc4OC[C@@H]23)n1. The second-order valence-corrected chi connectivity index (χ2v) is 7.97. The fourth-order valence-corrected chi connectivity index (χ4v) is 4.49. The minimum absolute atomic E-state index is 0.0155. The van der Waals surface area contributed by atoms with Gasteiger partial charge < -0.3 is 10.1 Å². The van der Waals surface area contributed by atoms with Crippen molar-refractivity contribution in [3.8, 4) is 5.75 Å². The van der Waals surface area contributed by atoms with Crippen LogP contribution in [0.15, 0.2) is 30.5 Å². The summed E-state index contributed by atoms with van der Waals surface area (Å²) in [6, 6.07) is 6.53. The fourth-order valence-electron chi connectivity index (χ4n) is 4.49. The summed E-state index contributed by atoms with van der Waals surface area (Å²) >= 11 is 0. The third-order valence-corrected chi connectivity index (χ3v) is 5.96. The van der Waals surface area contributed by atoms with Crippen LogP contribution in [-0.4, -0.2) is 40.3 Å². The molecule has 142 valence electrons. The molecule has 2 aromatic rings. The van der Waals surface area contributed by atoms with Crippen LogP contribution >= 0.6 is 0 Å². The van der Waals surface area contributed by atoms with Crippen LogP contribution in [0.2, 0.25) is 0 Å². The Kier molecular flexibility index (Phi) is 3.93. The number of nitrogens with one attached hydrogen (secondary N) is 1. The number of anilines is 1. The van der Waals surface area contributed by atoms with E-state index in [1.165, 1.54) is 18.9 Å². The molecule has 27 heavy (non-hydrogen) atoms. The van der Waals surface area contributed by atoms with Gasteiger partial charge >= 0.3 is 0 Å². The van der Waals surface area contributed by atoms with Gasteiger partial charge in [0.2, 0.25) is 5.91 Å². The third kappa shape index (κ3) is 3.10. The summed E-state index contributed by atoms with van der Waals surface area (Å²) in [5.74, 6) is 1.51. The Hall–Kier alpha value is -2.41. The maximum absolute atomic E-state index is 13.9. The van der Waals surface area contributed by atoms with E-state index in [1.54, 1.807) is 29.1 Å². The second-order valence-electron chi connectivity index (χ2n) is 7.97. The second kappa shape index (κ2) is 6.34. The molecule has 2 aliphatic heterocycles. The Morgan fingerprint density at radius 3 is 2.96 bits per heavy atom. The average Bonchev–Trinajstić information content (AvgIpc) is 3.25. The number of halogens is 1. The molecule has 3 aliphatic rings. The summed E-state index contributed by atoms with van der Waals surface area (Å²) in [7, 11) is 1.82. The zero-order chi connectivity index (χ0) is 18.5. The number of amides is 1. The van der Waals surface area contributed by atoms with Gasteiger partial charge in [-0.2, -0.15) is 5.10 Å². The maximum atomic E-state index is 13.9. The molecule has 1 saturated carbocycles. The topological polar surface area (TPSA) is 59.4 Å². The highest BCUT2D eigenvalue weighted by molar-refractivity contribution is 5.92. The van der Waals surface area contributed by atoms with Crippen molar-refractivity contribution in [3.63, 3.8) is 0 Å². The zero-order valence-corrected chi connectivity index (χ0v) is 15.3. The Balaban J connectivity index is 1.43. The summed E-state index contributed by atoms with van der Waals surface area (Å²) in [4.78, 5) is 15.4. The molecule has 0 radical (unpaired) electrons. The molecule has 5 rings (SSSR count). The number of rotatable bonds is 4. The highest BCUT2D eigenvalue weighted by atomic mass is 19.1. The van der Waals surface area contributed by atoms with E-state index in [0.29, 0.717) is 24.9 Å². The number of hydrogen-bond donors (Lipinski definition) is 1. The first-order valence-corrected chi connectivity index (χ1v) is 9.55. The molecule has 6 nitrogen and oxygen atoms in total. The summed E-state index contributed by atoms with van der Waals surface area (Å²) < 4.78 is 21.5. The molecular weight excluding hydrogens is 347 g/mol. The van der Waals surface area contributed by atoms with Gasteiger partial charge in [0.25, 0.3) is 0 Å². The molecule has 3 heterocycles. The Labute approximate surface area is 157 Å². The number of benzene rings is 1. The Morgan fingerprint density at radius 2 is 2.22 bits per heavy atom. The standard InChI is InChI=1S/C20H23FN4O2/c1-24-7-6-18(23-24)22-20(26)15-10-25(9-12-2-3-12)19-14-8-13(21)4-5-17(14)27-11-16(15)19/h4-8,12,15-16,19H,2-3,9-11H2,1H3,(H,22,23,26)/t15-,16+,19+/m1/s1. The monoisotopic (exact) mass is 370 g/mol. The number of nitrogens with zero attached hydrogens (tertiary/aromatic N) is 3. The van der Waals surface area contributed by atoms with Gasteiger partial charge in [0.05, 0.1) is 12.5 Å². The average molecular weight is 370 g/mol. The summed E-state index contributed by atoms with van der Waals surface area (Å²) in [6.45, 7) is 2.11. The smallest absolute Gasteiger partial charge is 0.230 e. The first-order chi connectivity index (χ1) is 13.1. The normalized spacial score (nSPS) is 27.0. The molecule has 7 heteroatoms. The lowest BCUT2D eigenvalue weighted by molar-refractivity contribution is -0.121. The first-order valence-electron chi connectivity index (χ1n) is 9.55. The van der Waals surface area contributed by atoms with Gasteiger partial charge in [-0.05, 0) is 37.0 Å². The summed E-state index contributed by atoms with van der Waals surface area (Å²) in [5, 5.41) is 7.18. The zero-order valence-electron chi connectivity index (χ0n) is 15.3. The van der Waals surface area contributed by atoms with Gasteiger partial charge in [0, 0.05) is 49.9 Å². The van der Waals surface area contributed by atoms with Gasteiger partial charge in [-0.15, -0.1) is 0 Å². The number of ether oxygens (including phenoxy) is 1. The van der Waals surface area contributed by atoms with Crippen LogP contribution in [0, 0.1) is 23.6 Å². The molecule has 1 aromatic heterocycles. The first kappa shape index (κ1) is 16.7. The predicted molar refractivity (Wildman–Crippen MR) is 97.8 cm³/mol. The van der Waals surface area contributed by atoms with Crippen molar-refractivity contribution in [2.24, 2.45) is 24.8 Å². The lowest BCUT2D eigenvalue weighted by atomic mass is 9.85. The van der Waals surface area contributed by atoms with Crippen molar-refractivity contribution in [1.29, 1.82) is 0 Å². The van der Waals surface area contributed by atoms with Crippen molar-refractivity contribution in [2.75, 3.05) is 25.0 Å². The van der Waals surface area contributed by atoms with E-state index >= 15 is 0 Å². The number of fused-ring (bicyclic) bond motifs is 3. The van der Waals surface area contributed by atoms with Crippen molar-refractivity contribution < 1.29 is 13.9 Å². The number of hydrogen-bond acceptors (Lipinski definition) is 4. The molecule has 1 N–H and O–H groups in total. The van der Waals surface area contributed by atoms with E-state index < -0.39 is 0 Å². The molecule has 1 aromatic carbocycles. The van der Waals surface area contributed by atoms with Gasteiger partial charge in [0.15, 0.2) is 5.82 Å². The van der Waals surface area contributed by atoms with Gasteiger partial charge in [-0.1, -0.05) is 0 Å². The van der Waals surface area contributed by atoms with Crippen LogP contribution in [-0.2, 0) is 11.8 Å². The van der Waals surface area contributed by atoms with Crippen LogP contribution in [0.5, 0.6) is 5.75 Å². The highest BCUT2D eigenvalue weighted by Gasteiger charge is 2.50. The Morgan fingerprint density at radius 1 is 1.37 bits per heavy atom. The number of likely N-dealkylation sites (tertiary alicyclic amines) is 1. The predicted octanol–water partition coefficient (Wildman–Crippen LogP) is 2.59. The van der Waals surface area contributed by atoms with Crippen molar-refractivity contribution in [1.82, 2.24) is 14.7 Å². The molecule has 3 atom stereocenters. The lowest BCUT2D eigenvalue weighted by Crippen LogP contribution is -2.35. The Bertz CT molecular complexity index is 879. The molecule has 1 amide bonds. The van der Waals surface area contributed by atoms with Gasteiger partial charge in [0.1, 0.15) is 11.6 Å². The van der Waals surface area contributed by atoms with E-state index in [-0.39, 0.29) is 29.6 Å². The van der Waals surface area contributed by atoms with Crippen LogP contribution in [0.3, 0.4) is 0 Å². The van der Waals surface area contributed by atoms with Gasteiger partial charge in [-0.25, -0.2) is 4.39 Å². The molecule has 0 unspecified atom stereocenters. The molecule has 1 aliphatic carbocycles. The minimum atomic E-state index is -0.259. The number of aromatic nitrogens is 2. The maximum Gasteiger partial charge on any atom is 0.230 e. The van der Waals surface area contributed by atoms with Crippen molar-refractivity contribution in [2.45, 2.75) is 18.9 Å². The summed E-state index contributed by atoms with van der Waals surface area (Å²) in [5.41, 5.74) is 0.875. The van der Waals surface area contributed by atoms with Gasteiger partial charge in [-0.3, -0.25) is 14.4 Å². The summed E-state index contributed by atoms with van der Waals surface area (Å²) in [6.07, 6.45) is 4.28. The highest BCUT2D eigenvalue weighted by Crippen LogP contribution is 2.49. The third-order valence-electron chi connectivity index (χ3n) is 5.96. The fraction of sp³-hybridized carbons (Fsp3) is 0.500. The molecular formula is C20H23FN4O2. The minimum Gasteiger partial charge on any atom is -0.493 e. The van der Waals surface area contributed by atoms with Crippen LogP contribution in [0.25, 0.3) is 0 Å². The van der Waals surface area contributed by atoms with Crippen molar-refractivity contribution >= 4 is 11.7 Å². The number of carbonyl (C=O) groups excluding carboxylic acids is 1. The molecule has 2 fully saturated rings. The van der Waals surface area contributed by atoms with E-state index in [9.17, 15) is 9.18 Å². The largest absolute Gasteiger partial charge is 0.493 e. The van der Waals surface area contributed by atoms with Crippen molar-refractivity contribution in [3.05, 3.63) is 41.8 Å². The van der Waals surface area contributed by atoms with Crippen LogP contribution < -0.4 is 10.1 Å². The van der Waals surface area contributed by atoms with E-state index in [2.05, 4.69) is 15.3 Å². The molecule has 1 saturated heterocycles. The lowest BCUT2D eigenvalue weighted by Gasteiger charge is -2.34. The van der Waals surface area contributed by atoms with E-state index in [0.717, 1.165) is 17.9 Å². The van der Waals surface area contributed by atoms with Crippen LogP contribution in [0.1, 0.15) is 24.4 Å². The quantitative estimate of drug-likeness (QED) is 0.899. The molecule has 0 spiro atoms. The van der Waals surface area contributed by atoms with Crippen LogP contribution in [0.4, 0.5) is 10.2 Å². The number of carbonyl (C=O) groups is 1.